The highest BCUT2D eigenvalue weighted by Gasteiger charge is 2.26. The second kappa shape index (κ2) is 7.67. The van der Waals surface area contributed by atoms with Crippen molar-refractivity contribution >= 4 is 32.3 Å². The lowest BCUT2D eigenvalue weighted by molar-refractivity contribution is 0.302. The maximum absolute atomic E-state index is 12.2. The highest BCUT2D eigenvalue weighted by Crippen LogP contribution is 2.45. The van der Waals surface area contributed by atoms with Crippen LogP contribution < -0.4 is 10.6 Å². The first-order chi connectivity index (χ1) is 13.3. The molecule has 0 bridgehead atoms. The molecular formula is C20H22N2O5S. The standard InChI is InChI=1S/C20H22N2O5S/c1-2-22(11-12-23)14-9-7-13(8-10-14)17-19(24)18(21)15-5-3-4-6-16(15)20(17)28(25,26)27/h3-10,23-24H,2,11-12,21H2,1H3,(H,25,26,27). The molecule has 0 aliphatic carbocycles. The summed E-state index contributed by atoms with van der Waals surface area (Å²) >= 11 is 0. The summed E-state index contributed by atoms with van der Waals surface area (Å²) in [7, 11) is -4.65. The third-order valence-corrected chi connectivity index (χ3v) is 5.65. The third-order valence-electron chi connectivity index (χ3n) is 4.71. The van der Waals surface area contributed by atoms with Gasteiger partial charge < -0.3 is 20.8 Å². The minimum atomic E-state index is -4.65. The van der Waals surface area contributed by atoms with Gasteiger partial charge in [0.15, 0.2) is 0 Å². The number of rotatable bonds is 6. The Labute approximate surface area is 163 Å². The van der Waals surface area contributed by atoms with Gasteiger partial charge in [0.25, 0.3) is 10.1 Å². The van der Waals surface area contributed by atoms with Crippen LogP contribution in [-0.2, 0) is 10.1 Å². The van der Waals surface area contributed by atoms with Gasteiger partial charge in [0, 0.05) is 35.1 Å². The van der Waals surface area contributed by atoms with E-state index in [2.05, 4.69) is 0 Å². The molecule has 0 heterocycles. The van der Waals surface area contributed by atoms with Gasteiger partial charge in [-0.1, -0.05) is 36.4 Å². The SMILES string of the molecule is CCN(CCO)c1ccc(-c2c(O)c(N)c3ccccc3c2S(=O)(=O)O)cc1. The molecule has 0 spiro atoms. The number of hydrogen-bond donors (Lipinski definition) is 4. The summed E-state index contributed by atoms with van der Waals surface area (Å²) in [6, 6.07) is 13.2. The predicted molar refractivity (Wildman–Crippen MR) is 110 cm³/mol. The number of hydrogen-bond acceptors (Lipinski definition) is 6. The van der Waals surface area contributed by atoms with E-state index in [1.165, 1.54) is 6.07 Å². The molecule has 0 fully saturated rings. The number of nitrogens with two attached hydrogens (primary N) is 1. The molecule has 0 saturated heterocycles. The van der Waals surface area contributed by atoms with Crippen LogP contribution in [0.5, 0.6) is 5.75 Å². The van der Waals surface area contributed by atoms with Gasteiger partial charge in [0.05, 0.1) is 12.3 Å². The van der Waals surface area contributed by atoms with Crippen molar-refractivity contribution in [2.45, 2.75) is 11.8 Å². The van der Waals surface area contributed by atoms with Crippen molar-refractivity contribution in [2.24, 2.45) is 0 Å². The molecular weight excluding hydrogens is 380 g/mol. The quantitative estimate of drug-likeness (QED) is 0.284. The highest BCUT2D eigenvalue weighted by atomic mass is 32.2. The van der Waals surface area contributed by atoms with Gasteiger partial charge in [-0.05, 0) is 24.6 Å². The van der Waals surface area contributed by atoms with Crippen LogP contribution in [0.1, 0.15) is 6.92 Å². The van der Waals surface area contributed by atoms with E-state index < -0.39 is 15.9 Å². The number of anilines is 2. The number of nitrogen functional groups attached to an aromatic ring is 1. The molecule has 0 saturated carbocycles. The van der Waals surface area contributed by atoms with Gasteiger partial charge in [-0.2, -0.15) is 8.42 Å². The van der Waals surface area contributed by atoms with Crippen LogP contribution in [0.4, 0.5) is 11.4 Å². The average Bonchev–Trinajstić information content (AvgIpc) is 2.68. The zero-order chi connectivity index (χ0) is 20.5. The Kier molecular flexibility index (Phi) is 5.46. The minimum absolute atomic E-state index is 0.00446. The Morgan fingerprint density at radius 1 is 1.04 bits per heavy atom. The van der Waals surface area contributed by atoms with Crippen molar-refractivity contribution < 1.29 is 23.2 Å². The fourth-order valence-electron chi connectivity index (χ4n) is 3.39. The lowest BCUT2D eigenvalue weighted by Crippen LogP contribution is -2.25. The third kappa shape index (κ3) is 3.49. The first kappa shape index (κ1) is 19.9. The molecule has 28 heavy (non-hydrogen) atoms. The van der Waals surface area contributed by atoms with E-state index >= 15 is 0 Å². The molecule has 7 nitrogen and oxygen atoms in total. The molecule has 0 aliphatic rings. The maximum atomic E-state index is 12.2. The van der Waals surface area contributed by atoms with Crippen molar-refractivity contribution in [3.05, 3.63) is 48.5 Å². The van der Waals surface area contributed by atoms with Crippen LogP contribution in [0.2, 0.25) is 0 Å². The van der Waals surface area contributed by atoms with E-state index in [1.807, 2.05) is 11.8 Å². The predicted octanol–water partition coefficient (Wildman–Crippen LogP) is 2.86. The Morgan fingerprint density at radius 2 is 1.64 bits per heavy atom. The van der Waals surface area contributed by atoms with Crippen LogP contribution in [0.25, 0.3) is 21.9 Å². The number of aromatic hydroxyl groups is 1. The van der Waals surface area contributed by atoms with Gasteiger partial charge in [-0.25, -0.2) is 0 Å². The van der Waals surface area contributed by atoms with E-state index in [1.54, 1.807) is 42.5 Å². The summed E-state index contributed by atoms with van der Waals surface area (Å²) in [5.41, 5.74) is 7.27. The Hall–Kier alpha value is -2.81. The lowest BCUT2D eigenvalue weighted by Gasteiger charge is -2.22. The van der Waals surface area contributed by atoms with Crippen molar-refractivity contribution in [3.8, 4) is 16.9 Å². The number of fused-ring (bicyclic) bond motifs is 1. The van der Waals surface area contributed by atoms with Crippen molar-refractivity contribution in [3.63, 3.8) is 0 Å². The topological polar surface area (TPSA) is 124 Å². The summed E-state index contributed by atoms with van der Waals surface area (Å²) in [6.45, 7) is 3.10. The van der Waals surface area contributed by atoms with Crippen LogP contribution in [0.3, 0.4) is 0 Å². The van der Waals surface area contributed by atoms with Gasteiger partial charge in [0.2, 0.25) is 0 Å². The Bertz CT molecular complexity index is 1110. The number of likely N-dealkylation sites (N-methyl/N-ethyl adjacent to an activating group) is 1. The second-order valence-electron chi connectivity index (χ2n) is 6.34. The number of aliphatic hydroxyl groups is 1. The van der Waals surface area contributed by atoms with E-state index in [4.69, 9.17) is 5.73 Å². The maximum Gasteiger partial charge on any atom is 0.295 e. The van der Waals surface area contributed by atoms with E-state index in [0.29, 0.717) is 24.0 Å². The monoisotopic (exact) mass is 402 g/mol. The van der Waals surface area contributed by atoms with E-state index in [-0.39, 0.29) is 28.1 Å². The van der Waals surface area contributed by atoms with Gasteiger partial charge >= 0.3 is 0 Å². The second-order valence-corrected chi connectivity index (χ2v) is 7.70. The zero-order valence-electron chi connectivity index (χ0n) is 15.3. The molecule has 3 aromatic rings. The van der Waals surface area contributed by atoms with Crippen LogP contribution >= 0.6 is 0 Å². The molecule has 5 N–H and O–H groups in total. The minimum Gasteiger partial charge on any atom is -0.505 e. The van der Waals surface area contributed by atoms with Crippen LogP contribution in [0.15, 0.2) is 53.4 Å². The number of phenolic OH excluding ortho intramolecular Hbond substituents is 1. The van der Waals surface area contributed by atoms with Crippen LogP contribution in [0, 0.1) is 0 Å². The number of benzene rings is 3. The van der Waals surface area contributed by atoms with Gasteiger partial charge in [-0.3, -0.25) is 4.55 Å². The molecule has 3 aromatic carbocycles. The Morgan fingerprint density at radius 3 is 2.18 bits per heavy atom. The van der Waals surface area contributed by atoms with Crippen LogP contribution in [-0.4, -0.2) is 42.9 Å². The van der Waals surface area contributed by atoms with Gasteiger partial charge in [0.1, 0.15) is 10.6 Å². The van der Waals surface area contributed by atoms with Crippen molar-refractivity contribution in [1.29, 1.82) is 0 Å². The largest absolute Gasteiger partial charge is 0.505 e. The van der Waals surface area contributed by atoms with Crippen molar-refractivity contribution in [1.82, 2.24) is 0 Å². The van der Waals surface area contributed by atoms with Crippen molar-refractivity contribution in [2.75, 3.05) is 30.3 Å². The normalized spacial score (nSPS) is 11.7. The molecule has 0 radical (unpaired) electrons. The summed E-state index contributed by atoms with van der Waals surface area (Å²) < 4.78 is 34.2. The Balaban J connectivity index is 2.27. The van der Waals surface area contributed by atoms with E-state index in [9.17, 15) is 23.2 Å². The summed E-state index contributed by atoms with van der Waals surface area (Å²) in [5, 5.41) is 20.4. The zero-order valence-corrected chi connectivity index (χ0v) is 16.1. The average molecular weight is 402 g/mol. The number of nitrogens with zero attached hydrogens (tertiary/aromatic N) is 1. The molecule has 0 aromatic heterocycles. The fraction of sp³-hybridized carbons (Fsp3) is 0.200. The smallest absolute Gasteiger partial charge is 0.295 e. The summed E-state index contributed by atoms with van der Waals surface area (Å²) in [4.78, 5) is 1.56. The summed E-state index contributed by atoms with van der Waals surface area (Å²) in [5.74, 6) is -0.401. The molecule has 0 atom stereocenters. The molecule has 0 amide bonds. The lowest BCUT2D eigenvalue weighted by atomic mass is 9.98. The fourth-order valence-corrected chi connectivity index (χ4v) is 4.31. The summed E-state index contributed by atoms with van der Waals surface area (Å²) in [6.07, 6.45) is 0. The molecule has 8 heteroatoms. The number of aliphatic hydroxyl groups excluding tert-OH is 1. The van der Waals surface area contributed by atoms with E-state index in [0.717, 1.165) is 5.69 Å². The molecule has 0 aliphatic heterocycles. The van der Waals surface area contributed by atoms with Gasteiger partial charge in [-0.15, -0.1) is 0 Å². The highest BCUT2D eigenvalue weighted by molar-refractivity contribution is 7.86. The first-order valence-corrected chi connectivity index (χ1v) is 10.2. The molecule has 148 valence electrons. The first-order valence-electron chi connectivity index (χ1n) is 8.76. The molecule has 3 rings (SSSR count). The molecule has 0 unspecified atom stereocenters. The number of phenols is 1.